The number of nitrogens with two attached hydrogens (primary N) is 1. The number of benzene rings is 1. The Morgan fingerprint density at radius 2 is 1.54 bits per heavy atom. The van der Waals surface area contributed by atoms with Crippen LogP contribution in [0.2, 0.25) is 0 Å². The van der Waals surface area contributed by atoms with Crippen LogP contribution in [-0.4, -0.2) is 48.0 Å². The minimum atomic E-state index is -4.08. The van der Waals surface area contributed by atoms with E-state index in [4.69, 9.17) is 10.3 Å². The summed E-state index contributed by atoms with van der Waals surface area (Å²) in [6, 6.07) is 5.29. The molecular formula is C6H10NNaO4S. The second-order valence-corrected chi connectivity index (χ2v) is 3.47. The summed E-state index contributed by atoms with van der Waals surface area (Å²) in [5, 5.41) is 0. The van der Waals surface area contributed by atoms with Crippen LogP contribution in [-0.2, 0) is 10.1 Å². The Bertz CT molecular complexity index is 347. The van der Waals surface area contributed by atoms with Crippen LogP contribution in [0.1, 0.15) is 0 Å². The van der Waals surface area contributed by atoms with Gasteiger partial charge in [-0.3, -0.25) is 4.55 Å². The zero-order valence-electron chi connectivity index (χ0n) is 6.06. The van der Waals surface area contributed by atoms with Gasteiger partial charge in [-0.25, -0.2) is 0 Å². The SMILES string of the molecule is Nc1ccc(S(=O)(=O)O)cc1.O.[NaH]. The van der Waals surface area contributed by atoms with Gasteiger partial charge in [-0.2, -0.15) is 8.42 Å². The van der Waals surface area contributed by atoms with Crippen molar-refractivity contribution in [2.75, 3.05) is 5.73 Å². The summed E-state index contributed by atoms with van der Waals surface area (Å²) >= 11 is 0. The molecule has 0 spiro atoms. The van der Waals surface area contributed by atoms with Crippen LogP contribution in [0.3, 0.4) is 0 Å². The monoisotopic (exact) mass is 215 g/mol. The fourth-order valence-corrected chi connectivity index (χ4v) is 1.12. The first kappa shape index (κ1) is 15.4. The molecule has 0 heterocycles. The molecule has 5 N–H and O–H groups in total. The van der Waals surface area contributed by atoms with Crippen molar-refractivity contribution in [2.45, 2.75) is 4.90 Å². The third-order valence-electron chi connectivity index (χ3n) is 1.18. The van der Waals surface area contributed by atoms with Crippen LogP contribution in [0.25, 0.3) is 0 Å². The molecule has 70 valence electrons. The average molecular weight is 215 g/mol. The predicted octanol–water partition coefficient (Wildman–Crippen LogP) is -0.958. The number of hydrogen-bond acceptors (Lipinski definition) is 3. The van der Waals surface area contributed by atoms with Gasteiger partial charge in [-0.1, -0.05) is 0 Å². The third kappa shape index (κ3) is 4.61. The first-order chi connectivity index (χ1) is 5.00. The summed E-state index contributed by atoms with van der Waals surface area (Å²) in [6.07, 6.45) is 0. The predicted molar refractivity (Wildman–Crippen MR) is 51.4 cm³/mol. The quantitative estimate of drug-likeness (QED) is 0.357. The molecule has 7 heteroatoms. The molecular weight excluding hydrogens is 205 g/mol. The van der Waals surface area contributed by atoms with E-state index in [1.54, 1.807) is 0 Å². The normalized spacial score (nSPS) is 9.62. The van der Waals surface area contributed by atoms with Gasteiger partial charge in [0.25, 0.3) is 10.1 Å². The molecule has 0 fully saturated rings. The van der Waals surface area contributed by atoms with Crippen molar-refractivity contribution in [3.8, 4) is 0 Å². The molecule has 1 rings (SSSR count). The van der Waals surface area contributed by atoms with Gasteiger partial charge in [0, 0.05) is 5.69 Å². The van der Waals surface area contributed by atoms with E-state index in [9.17, 15) is 8.42 Å². The van der Waals surface area contributed by atoms with Gasteiger partial charge < -0.3 is 11.2 Å². The Morgan fingerprint density at radius 3 is 1.85 bits per heavy atom. The van der Waals surface area contributed by atoms with Crippen molar-refractivity contribution in [3.05, 3.63) is 24.3 Å². The van der Waals surface area contributed by atoms with Crippen LogP contribution >= 0.6 is 0 Å². The van der Waals surface area contributed by atoms with Crippen molar-refractivity contribution in [3.63, 3.8) is 0 Å². The topological polar surface area (TPSA) is 112 Å². The van der Waals surface area contributed by atoms with E-state index in [1.807, 2.05) is 0 Å². The molecule has 0 saturated heterocycles. The summed E-state index contributed by atoms with van der Waals surface area (Å²) in [6.45, 7) is 0. The fourth-order valence-electron chi connectivity index (χ4n) is 0.640. The Labute approximate surface area is 98.3 Å². The summed E-state index contributed by atoms with van der Waals surface area (Å²) in [7, 11) is -4.08. The number of nitrogen functional groups attached to an aromatic ring is 1. The van der Waals surface area contributed by atoms with Crippen molar-refractivity contribution in [1.82, 2.24) is 0 Å². The molecule has 0 bridgehead atoms. The van der Waals surface area contributed by atoms with Gasteiger partial charge in [0.2, 0.25) is 0 Å². The molecule has 13 heavy (non-hydrogen) atoms. The molecule has 0 saturated carbocycles. The van der Waals surface area contributed by atoms with E-state index in [0.717, 1.165) is 0 Å². The van der Waals surface area contributed by atoms with E-state index in [-0.39, 0.29) is 39.9 Å². The van der Waals surface area contributed by atoms with Crippen LogP contribution in [0, 0.1) is 0 Å². The molecule has 0 amide bonds. The zero-order valence-corrected chi connectivity index (χ0v) is 6.88. The van der Waals surface area contributed by atoms with Gasteiger partial charge in [0.15, 0.2) is 0 Å². The van der Waals surface area contributed by atoms with Crippen molar-refractivity contribution < 1.29 is 18.4 Å². The maximum absolute atomic E-state index is 10.5. The molecule has 0 aliphatic rings. The van der Waals surface area contributed by atoms with E-state index < -0.39 is 10.1 Å². The van der Waals surface area contributed by atoms with Crippen LogP contribution in [0.15, 0.2) is 29.2 Å². The molecule has 0 aliphatic heterocycles. The van der Waals surface area contributed by atoms with E-state index >= 15 is 0 Å². The Morgan fingerprint density at radius 1 is 1.15 bits per heavy atom. The van der Waals surface area contributed by atoms with Gasteiger partial charge in [0.1, 0.15) is 0 Å². The Balaban J connectivity index is 0. The first-order valence-electron chi connectivity index (χ1n) is 2.83. The second-order valence-electron chi connectivity index (χ2n) is 2.04. The summed E-state index contributed by atoms with van der Waals surface area (Å²) in [5.74, 6) is 0. The molecule has 1 aromatic rings. The number of hydrogen-bond donors (Lipinski definition) is 2. The van der Waals surface area contributed by atoms with Crippen molar-refractivity contribution in [2.24, 2.45) is 0 Å². The van der Waals surface area contributed by atoms with Crippen LogP contribution < -0.4 is 5.73 Å². The van der Waals surface area contributed by atoms with Crippen molar-refractivity contribution in [1.29, 1.82) is 0 Å². The first-order valence-corrected chi connectivity index (χ1v) is 4.27. The Kier molecular flexibility index (Phi) is 6.60. The molecule has 0 radical (unpaired) electrons. The van der Waals surface area contributed by atoms with Gasteiger partial charge in [0.05, 0.1) is 4.90 Å². The minimum absolute atomic E-state index is 0. The van der Waals surface area contributed by atoms with E-state index in [1.165, 1.54) is 24.3 Å². The van der Waals surface area contributed by atoms with Gasteiger partial charge in [-0.05, 0) is 24.3 Å². The van der Waals surface area contributed by atoms with Crippen LogP contribution in [0.5, 0.6) is 0 Å². The second kappa shape index (κ2) is 5.58. The average Bonchev–Trinajstić information content (AvgIpc) is 1.86. The summed E-state index contributed by atoms with van der Waals surface area (Å²) in [4.78, 5) is -0.147. The third-order valence-corrected chi connectivity index (χ3v) is 2.05. The summed E-state index contributed by atoms with van der Waals surface area (Å²) in [5.41, 5.74) is 5.75. The van der Waals surface area contributed by atoms with Crippen LogP contribution in [0.4, 0.5) is 5.69 Å². The maximum atomic E-state index is 10.5. The van der Waals surface area contributed by atoms with Gasteiger partial charge >= 0.3 is 29.6 Å². The van der Waals surface area contributed by atoms with Crippen molar-refractivity contribution >= 4 is 45.4 Å². The zero-order chi connectivity index (χ0) is 8.48. The molecule has 0 atom stereocenters. The van der Waals surface area contributed by atoms with E-state index in [0.29, 0.717) is 5.69 Å². The standard InChI is InChI=1S/C6H7NO3S.Na.H2O.H/c7-5-1-3-6(4-2-5)11(8,9)10;;;/h1-4H,7H2,(H,8,9,10);;1H2;. The molecule has 0 unspecified atom stereocenters. The fraction of sp³-hybridized carbons (Fsp3) is 0. The summed E-state index contributed by atoms with van der Waals surface area (Å²) < 4.78 is 29.4. The molecule has 0 aromatic heterocycles. The van der Waals surface area contributed by atoms with Gasteiger partial charge in [-0.15, -0.1) is 0 Å². The Hall–Kier alpha value is -0.110. The number of anilines is 1. The molecule has 1 aromatic carbocycles. The van der Waals surface area contributed by atoms with E-state index in [2.05, 4.69) is 0 Å². The number of rotatable bonds is 1. The molecule has 0 aliphatic carbocycles. The molecule has 5 nitrogen and oxygen atoms in total.